The predicted octanol–water partition coefficient (Wildman–Crippen LogP) is 2.31. The zero-order chi connectivity index (χ0) is 22.8. The van der Waals surface area contributed by atoms with Gasteiger partial charge >= 0.3 is 12.0 Å². The molecule has 0 aliphatic carbocycles. The fourth-order valence-corrected chi connectivity index (χ4v) is 4.76. The van der Waals surface area contributed by atoms with Crippen molar-refractivity contribution in [3.63, 3.8) is 0 Å². The van der Waals surface area contributed by atoms with Crippen LogP contribution in [0.2, 0.25) is 5.02 Å². The molecule has 0 aromatic heterocycles. The minimum atomic E-state index is -3.96. The number of phenols is 1. The summed E-state index contributed by atoms with van der Waals surface area (Å²) in [5, 5.41) is 15.0. The number of amides is 2. The second-order valence-electron chi connectivity index (χ2n) is 6.56. The van der Waals surface area contributed by atoms with Gasteiger partial charge in [-0.1, -0.05) is 23.7 Å². The molecule has 0 radical (unpaired) electrons. The molecule has 2 aromatic carbocycles. The topological polar surface area (TPSA) is 131 Å². The molecule has 0 spiro atoms. The fraction of sp³-hybridized carbons (Fsp3) is 0.200. The number of nitrogens with one attached hydrogen (secondary N) is 2. The Balaban J connectivity index is 2.12. The molecule has 2 amide bonds. The Morgan fingerprint density at radius 1 is 1.19 bits per heavy atom. The first kappa shape index (κ1) is 22.4. The second kappa shape index (κ2) is 8.86. The third kappa shape index (κ3) is 4.75. The summed E-state index contributed by atoms with van der Waals surface area (Å²) in [7, 11) is -1.47. The number of urea groups is 1. The number of aromatic hydroxyl groups is 1. The lowest BCUT2D eigenvalue weighted by atomic mass is 9.95. The lowest BCUT2D eigenvalue weighted by Crippen LogP contribution is -2.47. The molecule has 11 heteroatoms. The number of hydrogen-bond donors (Lipinski definition) is 3. The van der Waals surface area contributed by atoms with Crippen LogP contribution in [0.5, 0.6) is 11.5 Å². The predicted molar refractivity (Wildman–Crippen MR) is 112 cm³/mol. The van der Waals surface area contributed by atoms with Crippen LogP contribution in [0.1, 0.15) is 11.6 Å². The summed E-state index contributed by atoms with van der Waals surface area (Å²) < 4.78 is 35.8. The molecule has 0 bridgehead atoms. The van der Waals surface area contributed by atoms with E-state index in [4.69, 9.17) is 21.1 Å². The summed E-state index contributed by atoms with van der Waals surface area (Å²) in [6.07, 6.45) is 0. The van der Waals surface area contributed by atoms with E-state index >= 15 is 0 Å². The Labute approximate surface area is 183 Å². The van der Waals surface area contributed by atoms with E-state index in [0.29, 0.717) is 5.56 Å². The molecule has 1 atom stereocenters. The number of phenolic OH excluding ortho intramolecular Hbond substituents is 1. The van der Waals surface area contributed by atoms with Gasteiger partial charge in [-0.15, -0.1) is 0 Å². The first-order valence-electron chi connectivity index (χ1n) is 8.90. The molecule has 0 saturated heterocycles. The van der Waals surface area contributed by atoms with Crippen molar-refractivity contribution >= 4 is 33.4 Å². The van der Waals surface area contributed by atoms with Crippen LogP contribution >= 0.6 is 11.6 Å². The van der Waals surface area contributed by atoms with Crippen molar-refractivity contribution in [2.75, 3.05) is 20.0 Å². The summed E-state index contributed by atoms with van der Waals surface area (Å²) in [5.74, 6) is -1.53. The zero-order valence-electron chi connectivity index (χ0n) is 16.5. The standard InChI is InChI=1S/C20H19ClN2O7S/c1-29-16-8-11(6-7-15(16)24)18-17(19(25)30-2)14(22-20(26)23-18)10-31(27,28)13-5-3-4-12(21)9-13/h3-9,18,24H,10H2,1-2H3,(H2,22,23,26)/t18-/m0/s1. The van der Waals surface area contributed by atoms with Crippen molar-refractivity contribution in [1.82, 2.24) is 10.6 Å². The van der Waals surface area contributed by atoms with Gasteiger partial charge in [0.25, 0.3) is 0 Å². The molecule has 31 heavy (non-hydrogen) atoms. The van der Waals surface area contributed by atoms with E-state index in [0.717, 1.165) is 7.11 Å². The molecule has 0 saturated carbocycles. The van der Waals surface area contributed by atoms with E-state index in [1.807, 2.05) is 0 Å². The maximum Gasteiger partial charge on any atom is 0.338 e. The Kier molecular flexibility index (Phi) is 6.42. The lowest BCUT2D eigenvalue weighted by Gasteiger charge is -2.29. The van der Waals surface area contributed by atoms with Gasteiger partial charge in [-0.3, -0.25) is 0 Å². The number of methoxy groups -OCH3 is 2. The molecule has 9 nitrogen and oxygen atoms in total. The van der Waals surface area contributed by atoms with Crippen LogP contribution in [0.15, 0.2) is 58.6 Å². The Morgan fingerprint density at radius 3 is 2.58 bits per heavy atom. The van der Waals surface area contributed by atoms with E-state index in [9.17, 15) is 23.1 Å². The summed E-state index contributed by atoms with van der Waals surface area (Å²) in [6.45, 7) is 0. The van der Waals surface area contributed by atoms with Gasteiger partial charge in [0.1, 0.15) is 0 Å². The first-order valence-corrected chi connectivity index (χ1v) is 10.9. The van der Waals surface area contributed by atoms with Crippen molar-refractivity contribution in [3.05, 3.63) is 64.3 Å². The van der Waals surface area contributed by atoms with Gasteiger partial charge in [0.15, 0.2) is 21.3 Å². The highest BCUT2D eigenvalue weighted by Crippen LogP contribution is 2.34. The molecule has 3 rings (SSSR count). The van der Waals surface area contributed by atoms with E-state index in [2.05, 4.69) is 10.6 Å². The third-order valence-electron chi connectivity index (χ3n) is 4.59. The highest BCUT2D eigenvalue weighted by atomic mass is 35.5. The fourth-order valence-electron chi connectivity index (χ4n) is 3.14. The van der Waals surface area contributed by atoms with Crippen molar-refractivity contribution in [2.45, 2.75) is 10.9 Å². The van der Waals surface area contributed by atoms with Gasteiger partial charge < -0.3 is 25.2 Å². The summed E-state index contributed by atoms with van der Waals surface area (Å²) in [5.41, 5.74) is 0.149. The van der Waals surface area contributed by atoms with Crippen molar-refractivity contribution < 1.29 is 32.6 Å². The lowest BCUT2D eigenvalue weighted by molar-refractivity contribution is -0.136. The van der Waals surface area contributed by atoms with Crippen LogP contribution < -0.4 is 15.4 Å². The van der Waals surface area contributed by atoms with Gasteiger partial charge in [-0.25, -0.2) is 18.0 Å². The van der Waals surface area contributed by atoms with Crippen LogP contribution in [0.4, 0.5) is 4.79 Å². The smallest absolute Gasteiger partial charge is 0.338 e. The van der Waals surface area contributed by atoms with Gasteiger partial charge in [0.05, 0.1) is 36.5 Å². The number of sulfone groups is 1. The number of hydrogen-bond acceptors (Lipinski definition) is 7. The van der Waals surface area contributed by atoms with Gasteiger partial charge in [0.2, 0.25) is 0 Å². The van der Waals surface area contributed by atoms with E-state index < -0.39 is 33.6 Å². The average Bonchev–Trinajstić information content (AvgIpc) is 2.73. The SMILES string of the molecule is COC(=O)C1=C(CS(=O)(=O)c2cccc(Cl)c2)NC(=O)N[C@H]1c1ccc(O)c(OC)c1. The monoisotopic (exact) mass is 466 g/mol. The molecule has 1 aliphatic heterocycles. The molecule has 1 aliphatic rings. The normalized spacial score (nSPS) is 16.4. The molecule has 3 N–H and O–H groups in total. The maximum atomic E-state index is 12.9. The number of carbonyl (C=O) groups excluding carboxylic acids is 2. The summed E-state index contributed by atoms with van der Waals surface area (Å²) in [4.78, 5) is 24.8. The number of halogens is 1. The summed E-state index contributed by atoms with van der Waals surface area (Å²) in [6, 6.07) is 8.14. The van der Waals surface area contributed by atoms with Crippen LogP contribution in [-0.2, 0) is 19.4 Å². The Bertz CT molecular complexity index is 1180. The van der Waals surface area contributed by atoms with Gasteiger partial charge in [-0.2, -0.15) is 0 Å². The highest BCUT2D eigenvalue weighted by Gasteiger charge is 2.36. The van der Waals surface area contributed by atoms with Crippen LogP contribution in [-0.4, -0.2) is 45.5 Å². The number of rotatable bonds is 6. The second-order valence-corrected chi connectivity index (χ2v) is 8.99. The number of ether oxygens (including phenoxy) is 2. The van der Waals surface area contributed by atoms with Crippen molar-refractivity contribution in [1.29, 1.82) is 0 Å². The number of esters is 1. The molecular weight excluding hydrogens is 448 g/mol. The van der Waals surface area contributed by atoms with Crippen molar-refractivity contribution in [3.8, 4) is 11.5 Å². The Morgan fingerprint density at radius 2 is 1.94 bits per heavy atom. The molecule has 0 fully saturated rings. The number of benzene rings is 2. The molecule has 0 unspecified atom stereocenters. The van der Waals surface area contributed by atoms with E-state index in [-0.39, 0.29) is 32.7 Å². The zero-order valence-corrected chi connectivity index (χ0v) is 18.1. The first-order chi connectivity index (χ1) is 14.7. The van der Waals surface area contributed by atoms with E-state index in [1.54, 1.807) is 0 Å². The molecule has 164 valence electrons. The van der Waals surface area contributed by atoms with Crippen LogP contribution in [0.25, 0.3) is 0 Å². The third-order valence-corrected chi connectivity index (χ3v) is 6.46. The van der Waals surface area contributed by atoms with Gasteiger partial charge in [-0.05, 0) is 35.9 Å². The quantitative estimate of drug-likeness (QED) is 0.556. The van der Waals surface area contributed by atoms with Crippen LogP contribution in [0, 0.1) is 0 Å². The molecule has 2 aromatic rings. The molecular formula is C20H19ClN2O7S. The van der Waals surface area contributed by atoms with Crippen LogP contribution in [0.3, 0.4) is 0 Å². The summed E-state index contributed by atoms with van der Waals surface area (Å²) >= 11 is 5.90. The Hall–Kier alpha value is -3.24. The van der Waals surface area contributed by atoms with Gasteiger partial charge in [0, 0.05) is 10.7 Å². The minimum absolute atomic E-state index is 0.0626. The van der Waals surface area contributed by atoms with Crippen molar-refractivity contribution in [2.24, 2.45) is 0 Å². The molecule has 1 heterocycles. The van der Waals surface area contributed by atoms with E-state index in [1.165, 1.54) is 49.6 Å². The largest absolute Gasteiger partial charge is 0.504 e. The average molecular weight is 467 g/mol. The minimum Gasteiger partial charge on any atom is -0.504 e. The number of carbonyl (C=O) groups is 2. The maximum absolute atomic E-state index is 12.9. The highest BCUT2D eigenvalue weighted by molar-refractivity contribution is 7.91.